The van der Waals surface area contributed by atoms with Crippen molar-refractivity contribution < 1.29 is 9.59 Å². The van der Waals surface area contributed by atoms with Crippen molar-refractivity contribution in [3.63, 3.8) is 0 Å². The van der Waals surface area contributed by atoms with Crippen LogP contribution in [0.5, 0.6) is 0 Å². The summed E-state index contributed by atoms with van der Waals surface area (Å²) in [4.78, 5) is 21.8. The van der Waals surface area contributed by atoms with Gasteiger partial charge in [0.15, 0.2) is 0 Å². The minimum Gasteiger partial charge on any atom is -0.370 e. The van der Waals surface area contributed by atoms with E-state index in [1.165, 1.54) is 0 Å². The van der Waals surface area contributed by atoms with Crippen molar-refractivity contribution in [3.8, 4) is 0 Å². The molecule has 1 atom stereocenters. The molecule has 0 aliphatic heterocycles. The van der Waals surface area contributed by atoms with Crippen molar-refractivity contribution in [2.24, 2.45) is 17.6 Å². The second kappa shape index (κ2) is 5.56. The first kappa shape index (κ1) is 11.9. The van der Waals surface area contributed by atoms with E-state index in [0.29, 0.717) is 6.42 Å². The van der Waals surface area contributed by atoms with E-state index in [0.717, 1.165) is 0 Å². The van der Waals surface area contributed by atoms with Crippen LogP contribution in [-0.4, -0.2) is 18.9 Å². The van der Waals surface area contributed by atoms with E-state index >= 15 is 0 Å². The van der Waals surface area contributed by atoms with Crippen LogP contribution in [-0.2, 0) is 9.59 Å². The lowest BCUT2D eigenvalue weighted by atomic mass is 9.90. The number of nitrogens with one attached hydrogen (secondary N) is 1. The van der Waals surface area contributed by atoms with Crippen LogP contribution in [0.4, 0.5) is 0 Å². The number of carbonyl (C=O) groups excluding carboxylic acids is 2. The first-order valence-corrected chi connectivity index (χ1v) is 4.49. The van der Waals surface area contributed by atoms with Gasteiger partial charge in [-0.1, -0.05) is 13.8 Å². The molecule has 13 heavy (non-hydrogen) atoms. The zero-order valence-corrected chi connectivity index (χ0v) is 8.46. The molecule has 76 valence electrons. The van der Waals surface area contributed by atoms with Crippen molar-refractivity contribution in [1.82, 2.24) is 5.32 Å². The van der Waals surface area contributed by atoms with Crippen LogP contribution in [0.2, 0.25) is 0 Å². The highest BCUT2D eigenvalue weighted by Gasteiger charge is 2.21. The summed E-state index contributed by atoms with van der Waals surface area (Å²) >= 11 is 0. The Hall–Kier alpha value is -1.06. The number of carbonyl (C=O) groups is 2. The second-order valence-electron chi connectivity index (χ2n) is 3.47. The normalized spacial score (nSPS) is 12.6. The van der Waals surface area contributed by atoms with Crippen molar-refractivity contribution >= 4 is 11.8 Å². The Morgan fingerprint density at radius 3 is 2.23 bits per heavy atom. The van der Waals surface area contributed by atoms with Gasteiger partial charge in [0.05, 0.1) is 0 Å². The van der Waals surface area contributed by atoms with Gasteiger partial charge in [-0.15, -0.1) is 0 Å². The van der Waals surface area contributed by atoms with Crippen LogP contribution in [0.3, 0.4) is 0 Å². The van der Waals surface area contributed by atoms with Crippen LogP contribution in [0.1, 0.15) is 26.7 Å². The highest BCUT2D eigenvalue weighted by Crippen LogP contribution is 2.16. The summed E-state index contributed by atoms with van der Waals surface area (Å²) in [7, 11) is 1.60. The summed E-state index contributed by atoms with van der Waals surface area (Å²) in [5.74, 6) is -0.248. The zero-order chi connectivity index (χ0) is 10.4. The molecule has 0 bridgehead atoms. The maximum absolute atomic E-state index is 11.3. The van der Waals surface area contributed by atoms with Crippen molar-refractivity contribution in [2.45, 2.75) is 26.7 Å². The molecule has 0 saturated carbocycles. The van der Waals surface area contributed by atoms with Gasteiger partial charge in [-0.05, 0) is 12.3 Å². The van der Waals surface area contributed by atoms with E-state index in [9.17, 15) is 9.59 Å². The van der Waals surface area contributed by atoms with E-state index in [1.54, 1.807) is 7.05 Å². The molecule has 4 nitrogen and oxygen atoms in total. The maximum atomic E-state index is 11.3. The van der Waals surface area contributed by atoms with Crippen LogP contribution >= 0.6 is 0 Å². The van der Waals surface area contributed by atoms with Crippen LogP contribution < -0.4 is 11.1 Å². The molecule has 0 rings (SSSR count). The lowest BCUT2D eigenvalue weighted by molar-refractivity contribution is -0.126. The molecular weight excluding hydrogens is 168 g/mol. The quantitative estimate of drug-likeness (QED) is 0.647. The zero-order valence-electron chi connectivity index (χ0n) is 8.46. The minimum atomic E-state index is -0.352. The van der Waals surface area contributed by atoms with Gasteiger partial charge in [-0.25, -0.2) is 0 Å². The largest absolute Gasteiger partial charge is 0.370 e. The Balaban J connectivity index is 4.10. The highest BCUT2D eigenvalue weighted by atomic mass is 16.2. The SMILES string of the molecule is CNC(=O)[C@H](CCC(N)=O)C(C)C. The molecule has 0 radical (unpaired) electrons. The van der Waals surface area contributed by atoms with Gasteiger partial charge in [0.1, 0.15) is 0 Å². The van der Waals surface area contributed by atoms with Crippen LogP contribution in [0, 0.1) is 11.8 Å². The van der Waals surface area contributed by atoms with Crippen molar-refractivity contribution in [3.05, 3.63) is 0 Å². The molecular formula is C9H18N2O2. The molecule has 0 aliphatic carbocycles. The van der Waals surface area contributed by atoms with Crippen LogP contribution in [0.25, 0.3) is 0 Å². The summed E-state index contributed by atoms with van der Waals surface area (Å²) in [6, 6.07) is 0. The molecule has 3 N–H and O–H groups in total. The van der Waals surface area contributed by atoms with Gasteiger partial charge >= 0.3 is 0 Å². The molecule has 0 aromatic carbocycles. The number of rotatable bonds is 5. The Morgan fingerprint density at radius 1 is 1.38 bits per heavy atom. The van der Waals surface area contributed by atoms with Crippen molar-refractivity contribution in [1.29, 1.82) is 0 Å². The van der Waals surface area contributed by atoms with Gasteiger partial charge in [0.25, 0.3) is 0 Å². The van der Waals surface area contributed by atoms with Gasteiger partial charge in [-0.3, -0.25) is 9.59 Å². The summed E-state index contributed by atoms with van der Waals surface area (Å²) in [6.45, 7) is 3.92. The fraction of sp³-hybridized carbons (Fsp3) is 0.778. The predicted molar refractivity (Wildman–Crippen MR) is 50.8 cm³/mol. The van der Waals surface area contributed by atoms with E-state index in [2.05, 4.69) is 5.32 Å². The topological polar surface area (TPSA) is 72.2 Å². The Kier molecular flexibility index (Phi) is 5.11. The lowest BCUT2D eigenvalue weighted by Crippen LogP contribution is -2.31. The summed E-state index contributed by atoms with van der Waals surface area (Å²) in [5, 5.41) is 2.58. The second-order valence-corrected chi connectivity index (χ2v) is 3.47. The average molecular weight is 186 g/mol. The number of amides is 2. The number of nitrogens with two attached hydrogens (primary N) is 1. The molecule has 4 heteroatoms. The Morgan fingerprint density at radius 2 is 1.92 bits per heavy atom. The summed E-state index contributed by atoms with van der Waals surface area (Å²) in [5.41, 5.74) is 5.01. The summed E-state index contributed by atoms with van der Waals surface area (Å²) in [6.07, 6.45) is 0.808. The van der Waals surface area contributed by atoms with Gasteiger partial charge in [0.2, 0.25) is 11.8 Å². The third kappa shape index (κ3) is 4.50. The standard InChI is InChI=1S/C9H18N2O2/c1-6(2)7(9(13)11-3)4-5-8(10)12/h6-7H,4-5H2,1-3H3,(H2,10,12)(H,11,13)/t7-/m1/s1. The molecule has 2 amide bonds. The maximum Gasteiger partial charge on any atom is 0.223 e. The van der Waals surface area contributed by atoms with E-state index in [-0.39, 0.29) is 30.1 Å². The highest BCUT2D eigenvalue weighted by molar-refractivity contribution is 5.80. The number of primary amides is 1. The molecule has 0 aromatic rings. The monoisotopic (exact) mass is 186 g/mol. The first-order valence-electron chi connectivity index (χ1n) is 4.49. The third-order valence-corrected chi connectivity index (χ3v) is 2.09. The lowest BCUT2D eigenvalue weighted by Gasteiger charge is -2.17. The van der Waals surface area contributed by atoms with Gasteiger partial charge < -0.3 is 11.1 Å². The van der Waals surface area contributed by atoms with E-state index < -0.39 is 0 Å². The molecule has 0 spiro atoms. The molecule has 0 aromatic heterocycles. The predicted octanol–water partition coefficient (Wildman–Crippen LogP) is 0.270. The molecule has 0 saturated heterocycles. The number of hydrogen-bond acceptors (Lipinski definition) is 2. The minimum absolute atomic E-state index is 0.0174. The molecule has 0 fully saturated rings. The van der Waals surface area contributed by atoms with Gasteiger partial charge in [-0.2, -0.15) is 0 Å². The van der Waals surface area contributed by atoms with E-state index in [4.69, 9.17) is 5.73 Å². The fourth-order valence-corrected chi connectivity index (χ4v) is 1.25. The fourth-order valence-electron chi connectivity index (χ4n) is 1.25. The molecule has 0 aliphatic rings. The van der Waals surface area contributed by atoms with E-state index in [1.807, 2.05) is 13.8 Å². The average Bonchev–Trinajstić information content (AvgIpc) is 2.03. The Labute approximate surface area is 78.9 Å². The molecule has 0 unspecified atom stereocenters. The Bertz CT molecular complexity index is 190. The third-order valence-electron chi connectivity index (χ3n) is 2.09. The first-order chi connectivity index (χ1) is 5.99. The smallest absolute Gasteiger partial charge is 0.223 e. The van der Waals surface area contributed by atoms with Crippen LogP contribution in [0.15, 0.2) is 0 Å². The summed E-state index contributed by atoms with van der Waals surface area (Å²) < 4.78 is 0. The number of hydrogen-bond donors (Lipinski definition) is 2. The van der Waals surface area contributed by atoms with Crippen molar-refractivity contribution in [2.75, 3.05) is 7.05 Å². The molecule has 0 heterocycles. The van der Waals surface area contributed by atoms with Gasteiger partial charge in [0, 0.05) is 19.4 Å².